The molecule has 1 atom stereocenters. The van der Waals surface area contributed by atoms with Crippen LogP contribution in [0.1, 0.15) is 19.3 Å². The Bertz CT molecular complexity index is 463. The first-order chi connectivity index (χ1) is 9.13. The Morgan fingerprint density at radius 3 is 3.00 bits per heavy atom. The van der Waals surface area contributed by atoms with Crippen LogP contribution in [0.15, 0.2) is 12.1 Å². The van der Waals surface area contributed by atoms with Crippen LogP contribution in [0.25, 0.3) is 0 Å². The number of piperidine rings is 1. The van der Waals surface area contributed by atoms with Gasteiger partial charge >= 0.3 is 5.69 Å². The third-order valence-corrected chi connectivity index (χ3v) is 3.45. The zero-order valence-electron chi connectivity index (χ0n) is 11.0. The summed E-state index contributed by atoms with van der Waals surface area (Å²) in [7, 11) is 1.92. The number of pyridine rings is 1. The van der Waals surface area contributed by atoms with E-state index >= 15 is 0 Å². The SMILES string of the molecule is CNCC1CCCCN1c1ccc([N+](=O)[O-])c(N)n1. The number of nitrogens with zero attached hydrogens (tertiary/aromatic N) is 3. The Hall–Kier alpha value is -1.89. The molecule has 1 aromatic rings. The zero-order valence-corrected chi connectivity index (χ0v) is 11.0. The van der Waals surface area contributed by atoms with Crippen LogP contribution in [-0.2, 0) is 0 Å². The van der Waals surface area contributed by atoms with Gasteiger partial charge in [0.2, 0.25) is 5.82 Å². The molecular formula is C12H19N5O2. The summed E-state index contributed by atoms with van der Waals surface area (Å²) < 4.78 is 0. The predicted molar refractivity (Wildman–Crippen MR) is 74.2 cm³/mol. The molecule has 1 aromatic heterocycles. The molecule has 0 saturated carbocycles. The number of nitro groups is 1. The average molecular weight is 265 g/mol. The highest BCUT2D eigenvalue weighted by Crippen LogP contribution is 2.27. The van der Waals surface area contributed by atoms with Crippen LogP contribution >= 0.6 is 0 Å². The molecule has 0 bridgehead atoms. The van der Waals surface area contributed by atoms with E-state index in [9.17, 15) is 10.1 Å². The summed E-state index contributed by atoms with van der Waals surface area (Å²) in [5.41, 5.74) is 5.52. The highest BCUT2D eigenvalue weighted by Gasteiger charge is 2.24. The van der Waals surface area contributed by atoms with Crippen molar-refractivity contribution in [2.24, 2.45) is 0 Å². The van der Waals surface area contributed by atoms with Crippen LogP contribution in [0.4, 0.5) is 17.3 Å². The van der Waals surface area contributed by atoms with E-state index in [2.05, 4.69) is 15.2 Å². The first-order valence-electron chi connectivity index (χ1n) is 6.45. The van der Waals surface area contributed by atoms with Gasteiger partial charge in [0.15, 0.2) is 0 Å². The minimum atomic E-state index is -0.507. The standard InChI is InChI=1S/C12H19N5O2/c1-14-8-9-4-2-3-7-16(9)11-6-5-10(17(18)19)12(13)15-11/h5-6,9,14H,2-4,7-8H2,1H3,(H2,13,15). The second-order valence-corrected chi connectivity index (χ2v) is 4.73. The van der Waals surface area contributed by atoms with Crippen LogP contribution in [0.5, 0.6) is 0 Å². The maximum atomic E-state index is 10.7. The summed E-state index contributed by atoms with van der Waals surface area (Å²) in [5, 5.41) is 13.9. The maximum absolute atomic E-state index is 10.7. The van der Waals surface area contributed by atoms with Gasteiger partial charge in [-0.3, -0.25) is 10.1 Å². The van der Waals surface area contributed by atoms with Gasteiger partial charge in [-0.25, -0.2) is 4.98 Å². The Labute approximate surface area is 112 Å². The van der Waals surface area contributed by atoms with E-state index in [0.29, 0.717) is 6.04 Å². The number of anilines is 2. The molecule has 0 amide bonds. The van der Waals surface area contributed by atoms with Gasteiger partial charge in [0.25, 0.3) is 0 Å². The summed E-state index contributed by atoms with van der Waals surface area (Å²) in [6.45, 7) is 1.79. The zero-order chi connectivity index (χ0) is 13.8. The average Bonchev–Trinajstić information content (AvgIpc) is 2.39. The van der Waals surface area contributed by atoms with Crippen molar-refractivity contribution in [3.8, 4) is 0 Å². The number of nitrogens with two attached hydrogens (primary N) is 1. The molecule has 19 heavy (non-hydrogen) atoms. The Morgan fingerprint density at radius 1 is 1.58 bits per heavy atom. The highest BCUT2D eigenvalue weighted by atomic mass is 16.6. The predicted octanol–water partition coefficient (Wildman–Crippen LogP) is 1.15. The summed E-state index contributed by atoms with van der Waals surface area (Å²) in [6, 6.07) is 3.48. The number of hydrogen-bond acceptors (Lipinski definition) is 6. The lowest BCUT2D eigenvalue weighted by atomic mass is 10.0. The normalized spacial score (nSPS) is 19.4. The molecule has 1 saturated heterocycles. The monoisotopic (exact) mass is 265 g/mol. The largest absolute Gasteiger partial charge is 0.378 e. The molecule has 2 rings (SSSR count). The number of hydrogen-bond donors (Lipinski definition) is 2. The van der Waals surface area contributed by atoms with Crippen LogP contribution in [0, 0.1) is 10.1 Å². The van der Waals surface area contributed by atoms with E-state index in [-0.39, 0.29) is 11.5 Å². The molecule has 7 heteroatoms. The van der Waals surface area contributed by atoms with Crippen molar-refractivity contribution in [2.75, 3.05) is 30.8 Å². The summed E-state index contributed by atoms with van der Waals surface area (Å²) in [5.74, 6) is 0.708. The van der Waals surface area contributed by atoms with Crippen molar-refractivity contribution in [1.82, 2.24) is 10.3 Å². The Morgan fingerprint density at radius 2 is 2.37 bits per heavy atom. The molecule has 0 radical (unpaired) electrons. The van der Waals surface area contributed by atoms with Gasteiger partial charge in [0, 0.05) is 25.2 Å². The van der Waals surface area contributed by atoms with Crippen LogP contribution < -0.4 is 16.0 Å². The van der Waals surface area contributed by atoms with E-state index in [1.54, 1.807) is 6.07 Å². The van der Waals surface area contributed by atoms with Crippen molar-refractivity contribution >= 4 is 17.3 Å². The van der Waals surface area contributed by atoms with Crippen molar-refractivity contribution in [3.63, 3.8) is 0 Å². The lowest BCUT2D eigenvalue weighted by Crippen LogP contribution is -2.45. The van der Waals surface area contributed by atoms with E-state index in [0.717, 1.165) is 31.7 Å². The molecule has 0 aliphatic carbocycles. The topological polar surface area (TPSA) is 97.3 Å². The lowest BCUT2D eigenvalue weighted by Gasteiger charge is -2.36. The first kappa shape index (κ1) is 13.5. The number of nitrogens with one attached hydrogen (secondary N) is 1. The van der Waals surface area contributed by atoms with Gasteiger partial charge in [-0.15, -0.1) is 0 Å². The van der Waals surface area contributed by atoms with Crippen LogP contribution in [0.3, 0.4) is 0 Å². The molecule has 0 aromatic carbocycles. The molecule has 1 aliphatic heterocycles. The van der Waals surface area contributed by atoms with Crippen molar-refractivity contribution in [1.29, 1.82) is 0 Å². The quantitative estimate of drug-likeness (QED) is 0.626. The Balaban J connectivity index is 2.24. The number of likely N-dealkylation sites (N-methyl/N-ethyl adjacent to an activating group) is 1. The van der Waals surface area contributed by atoms with E-state index in [1.165, 1.54) is 12.5 Å². The third kappa shape index (κ3) is 2.93. The fourth-order valence-electron chi connectivity index (χ4n) is 2.52. The lowest BCUT2D eigenvalue weighted by molar-refractivity contribution is -0.384. The molecular weight excluding hydrogens is 246 g/mol. The fourth-order valence-corrected chi connectivity index (χ4v) is 2.52. The van der Waals surface area contributed by atoms with Crippen LogP contribution in [-0.4, -0.2) is 36.1 Å². The molecule has 104 valence electrons. The smallest absolute Gasteiger partial charge is 0.311 e. The van der Waals surface area contributed by atoms with E-state index < -0.39 is 4.92 Å². The summed E-state index contributed by atoms with van der Waals surface area (Å²) >= 11 is 0. The van der Waals surface area contributed by atoms with Crippen LogP contribution in [0.2, 0.25) is 0 Å². The van der Waals surface area contributed by atoms with Gasteiger partial charge < -0.3 is 16.0 Å². The fraction of sp³-hybridized carbons (Fsp3) is 0.583. The number of aromatic nitrogens is 1. The first-order valence-corrected chi connectivity index (χ1v) is 6.45. The van der Waals surface area contributed by atoms with Gasteiger partial charge in [-0.1, -0.05) is 0 Å². The molecule has 1 unspecified atom stereocenters. The molecule has 2 heterocycles. The number of nitrogen functional groups attached to an aromatic ring is 1. The van der Waals surface area contributed by atoms with Gasteiger partial charge in [-0.2, -0.15) is 0 Å². The second kappa shape index (κ2) is 5.83. The molecule has 0 spiro atoms. The van der Waals surface area contributed by atoms with Crippen molar-refractivity contribution < 1.29 is 4.92 Å². The highest BCUT2D eigenvalue weighted by molar-refractivity contribution is 5.58. The van der Waals surface area contributed by atoms with Crippen molar-refractivity contribution in [2.45, 2.75) is 25.3 Å². The van der Waals surface area contributed by atoms with Crippen molar-refractivity contribution in [3.05, 3.63) is 22.2 Å². The Kier molecular flexibility index (Phi) is 4.16. The molecule has 1 aliphatic rings. The summed E-state index contributed by atoms with van der Waals surface area (Å²) in [4.78, 5) is 16.6. The minimum Gasteiger partial charge on any atom is -0.378 e. The molecule has 3 N–H and O–H groups in total. The van der Waals surface area contributed by atoms with Gasteiger partial charge in [0.05, 0.1) is 4.92 Å². The minimum absolute atomic E-state index is 0.0173. The second-order valence-electron chi connectivity index (χ2n) is 4.73. The van der Waals surface area contributed by atoms with E-state index in [1.807, 2.05) is 7.05 Å². The maximum Gasteiger partial charge on any atom is 0.311 e. The molecule has 7 nitrogen and oxygen atoms in total. The molecule has 1 fully saturated rings. The van der Waals surface area contributed by atoms with Gasteiger partial charge in [-0.05, 0) is 32.4 Å². The number of rotatable bonds is 4. The van der Waals surface area contributed by atoms with Gasteiger partial charge in [0.1, 0.15) is 5.82 Å². The third-order valence-electron chi connectivity index (χ3n) is 3.45. The summed E-state index contributed by atoms with van der Waals surface area (Å²) in [6.07, 6.45) is 3.41. The van der Waals surface area contributed by atoms with E-state index in [4.69, 9.17) is 5.73 Å².